The zero-order chi connectivity index (χ0) is 26.8. The van der Waals surface area contributed by atoms with Crippen molar-refractivity contribution in [2.24, 2.45) is 0 Å². The Hall–Kier alpha value is -3.96. The molecule has 0 saturated carbocycles. The molecule has 0 bridgehead atoms. The standard InChI is InChI=1S/C27H27N3O8/c1-4-27(34)18-8-20-24-16(10-30(20)25(32)17(18)11-36-26(27)33)14(5-6-29(2)23(31)12-35-3)15-7-21-22(38-13-37-21)9-19(15)28-24/h7-9,34H,4-6,10-13H2,1-3H3/t27-/m0/s1. The summed E-state index contributed by atoms with van der Waals surface area (Å²) < 4.78 is 22.9. The number of fused-ring (bicyclic) bond motifs is 6. The highest BCUT2D eigenvalue weighted by molar-refractivity contribution is 5.91. The Morgan fingerprint density at radius 2 is 1.95 bits per heavy atom. The number of ether oxygens (including phenoxy) is 4. The van der Waals surface area contributed by atoms with Crippen LogP contribution in [0.15, 0.2) is 23.0 Å². The molecule has 38 heavy (non-hydrogen) atoms. The van der Waals surface area contributed by atoms with Gasteiger partial charge in [-0.3, -0.25) is 9.59 Å². The van der Waals surface area contributed by atoms with Crippen molar-refractivity contribution in [3.63, 3.8) is 0 Å². The molecule has 3 aromatic rings. The van der Waals surface area contributed by atoms with Crippen molar-refractivity contribution < 1.29 is 33.6 Å². The van der Waals surface area contributed by atoms with Gasteiger partial charge >= 0.3 is 5.97 Å². The lowest BCUT2D eigenvalue weighted by Crippen LogP contribution is -2.44. The molecule has 1 atom stereocenters. The fourth-order valence-corrected chi connectivity index (χ4v) is 5.48. The Morgan fingerprint density at radius 1 is 1.18 bits per heavy atom. The number of esters is 1. The van der Waals surface area contributed by atoms with Crippen LogP contribution in [0.2, 0.25) is 0 Å². The highest BCUT2D eigenvalue weighted by Crippen LogP contribution is 2.43. The molecule has 0 spiro atoms. The summed E-state index contributed by atoms with van der Waals surface area (Å²) in [6.07, 6.45) is 0.562. The summed E-state index contributed by atoms with van der Waals surface area (Å²) >= 11 is 0. The average Bonchev–Trinajstić information content (AvgIpc) is 3.52. The van der Waals surface area contributed by atoms with E-state index in [0.717, 1.165) is 16.5 Å². The van der Waals surface area contributed by atoms with Crippen molar-refractivity contribution in [2.75, 3.05) is 34.1 Å². The van der Waals surface area contributed by atoms with Crippen molar-refractivity contribution in [2.45, 2.75) is 38.5 Å². The van der Waals surface area contributed by atoms with Crippen molar-refractivity contribution >= 4 is 22.8 Å². The Morgan fingerprint density at radius 3 is 2.68 bits per heavy atom. The van der Waals surface area contributed by atoms with Crippen LogP contribution in [0.25, 0.3) is 22.3 Å². The Bertz CT molecular complexity index is 1580. The van der Waals surface area contributed by atoms with Crippen molar-refractivity contribution in [1.29, 1.82) is 0 Å². The van der Waals surface area contributed by atoms with Crippen LogP contribution in [0.3, 0.4) is 0 Å². The van der Waals surface area contributed by atoms with Gasteiger partial charge in [0.15, 0.2) is 17.1 Å². The molecule has 2 aromatic heterocycles. The number of pyridine rings is 2. The SMILES string of the molecule is CC[C@@]1(O)C(=O)OCc2c1cc1n(c2=O)Cc2c-1nc1cc3c(cc1c2CCN(C)C(=O)COC)OCO3. The molecule has 0 unspecified atom stereocenters. The number of benzene rings is 1. The van der Waals surface area contributed by atoms with Gasteiger partial charge in [-0.15, -0.1) is 0 Å². The number of methoxy groups -OCH3 is 1. The Balaban J connectivity index is 1.53. The summed E-state index contributed by atoms with van der Waals surface area (Å²) in [6.45, 7) is 2.26. The molecule has 0 fully saturated rings. The van der Waals surface area contributed by atoms with Gasteiger partial charge in [0.2, 0.25) is 12.7 Å². The first-order chi connectivity index (χ1) is 18.3. The maximum atomic E-state index is 13.6. The number of rotatable bonds is 6. The van der Waals surface area contributed by atoms with Gasteiger partial charge in [0.1, 0.15) is 13.2 Å². The molecule has 1 amide bonds. The van der Waals surface area contributed by atoms with E-state index in [4.69, 9.17) is 23.9 Å². The topological polar surface area (TPSA) is 129 Å². The quantitative estimate of drug-likeness (QED) is 0.375. The van der Waals surface area contributed by atoms with E-state index in [1.165, 1.54) is 7.11 Å². The second kappa shape index (κ2) is 8.81. The predicted molar refractivity (Wildman–Crippen MR) is 134 cm³/mol. The Kier molecular flexibility index (Phi) is 5.65. The number of nitrogens with zero attached hydrogens (tertiary/aromatic N) is 3. The summed E-state index contributed by atoms with van der Waals surface area (Å²) in [5.41, 5.74) is 1.84. The van der Waals surface area contributed by atoms with Crippen molar-refractivity contribution in [3.8, 4) is 22.9 Å². The predicted octanol–water partition coefficient (Wildman–Crippen LogP) is 1.46. The van der Waals surface area contributed by atoms with Gasteiger partial charge in [0.25, 0.3) is 5.56 Å². The van der Waals surface area contributed by atoms with E-state index in [-0.39, 0.29) is 55.6 Å². The molecule has 11 heteroatoms. The fraction of sp³-hybridized carbons (Fsp3) is 0.407. The minimum absolute atomic E-state index is 0.0160. The highest BCUT2D eigenvalue weighted by Gasteiger charge is 2.45. The molecule has 11 nitrogen and oxygen atoms in total. The monoisotopic (exact) mass is 521 g/mol. The largest absolute Gasteiger partial charge is 0.458 e. The molecule has 3 aliphatic rings. The first kappa shape index (κ1) is 24.4. The zero-order valence-corrected chi connectivity index (χ0v) is 21.3. The third kappa shape index (κ3) is 3.49. The molecule has 198 valence electrons. The lowest BCUT2D eigenvalue weighted by Gasteiger charge is -2.31. The van der Waals surface area contributed by atoms with Gasteiger partial charge < -0.3 is 33.5 Å². The third-order valence-electron chi connectivity index (χ3n) is 7.69. The van der Waals surface area contributed by atoms with Gasteiger partial charge in [-0.05, 0) is 30.5 Å². The minimum Gasteiger partial charge on any atom is -0.458 e. The van der Waals surface area contributed by atoms with Crippen LogP contribution < -0.4 is 15.0 Å². The molecule has 5 heterocycles. The van der Waals surface area contributed by atoms with Gasteiger partial charge in [-0.1, -0.05) is 6.92 Å². The van der Waals surface area contributed by atoms with E-state index >= 15 is 0 Å². The number of cyclic esters (lactones) is 1. The number of amides is 1. The van der Waals surface area contributed by atoms with E-state index in [9.17, 15) is 19.5 Å². The van der Waals surface area contributed by atoms with Gasteiger partial charge in [-0.2, -0.15) is 0 Å². The first-order valence-corrected chi connectivity index (χ1v) is 12.4. The van der Waals surface area contributed by atoms with Crippen LogP contribution in [-0.4, -0.2) is 65.5 Å². The van der Waals surface area contributed by atoms with E-state index in [1.54, 1.807) is 35.6 Å². The third-order valence-corrected chi connectivity index (χ3v) is 7.69. The summed E-state index contributed by atoms with van der Waals surface area (Å²) in [4.78, 5) is 45.0. The van der Waals surface area contributed by atoms with E-state index in [0.29, 0.717) is 41.4 Å². The number of hydrogen-bond acceptors (Lipinski definition) is 9. The van der Waals surface area contributed by atoms with E-state index in [2.05, 4.69) is 0 Å². The summed E-state index contributed by atoms with van der Waals surface area (Å²) in [6, 6.07) is 5.38. The molecule has 6 rings (SSSR count). The number of carbonyl (C=O) groups excluding carboxylic acids is 2. The number of aliphatic hydroxyl groups is 1. The molecule has 0 radical (unpaired) electrons. The molecule has 0 saturated heterocycles. The van der Waals surface area contributed by atoms with Crippen molar-refractivity contribution in [1.82, 2.24) is 14.5 Å². The summed E-state index contributed by atoms with van der Waals surface area (Å²) in [5.74, 6) is 0.276. The number of hydrogen-bond donors (Lipinski definition) is 1. The second-order valence-electron chi connectivity index (χ2n) is 9.74. The van der Waals surface area contributed by atoms with Crippen LogP contribution in [0, 0.1) is 0 Å². The van der Waals surface area contributed by atoms with Crippen LogP contribution in [0.1, 0.15) is 35.6 Å². The van der Waals surface area contributed by atoms with E-state index in [1.807, 2.05) is 6.07 Å². The molecule has 0 aliphatic carbocycles. The maximum Gasteiger partial charge on any atom is 0.343 e. The second-order valence-corrected chi connectivity index (χ2v) is 9.74. The number of likely N-dealkylation sites (N-methyl/N-ethyl adjacent to an activating group) is 1. The first-order valence-electron chi connectivity index (χ1n) is 12.4. The lowest BCUT2D eigenvalue weighted by molar-refractivity contribution is -0.172. The van der Waals surface area contributed by atoms with Crippen LogP contribution in [0.5, 0.6) is 11.5 Å². The lowest BCUT2D eigenvalue weighted by atomic mass is 9.86. The van der Waals surface area contributed by atoms with Crippen molar-refractivity contribution in [3.05, 3.63) is 50.8 Å². The van der Waals surface area contributed by atoms with E-state index < -0.39 is 11.6 Å². The highest BCUT2D eigenvalue weighted by atomic mass is 16.7. The smallest absolute Gasteiger partial charge is 0.343 e. The van der Waals surface area contributed by atoms with Gasteiger partial charge in [0, 0.05) is 43.3 Å². The average molecular weight is 522 g/mol. The molecular formula is C27H27N3O8. The maximum absolute atomic E-state index is 13.6. The molecular weight excluding hydrogens is 494 g/mol. The number of carbonyl (C=O) groups is 2. The van der Waals surface area contributed by atoms with Crippen LogP contribution in [0.4, 0.5) is 0 Å². The normalized spacial score (nSPS) is 18.7. The van der Waals surface area contributed by atoms with Gasteiger partial charge in [-0.25, -0.2) is 9.78 Å². The zero-order valence-electron chi connectivity index (χ0n) is 21.3. The van der Waals surface area contributed by atoms with Crippen LogP contribution in [-0.2, 0) is 44.2 Å². The fourth-order valence-electron chi connectivity index (χ4n) is 5.48. The van der Waals surface area contributed by atoms with Gasteiger partial charge in [0.05, 0.1) is 29.0 Å². The minimum atomic E-state index is -1.90. The molecule has 1 N–H and O–H groups in total. The summed E-state index contributed by atoms with van der Waals surface area (Å²) in [5, 5.41) is 12.0. The van der Waals surface area contributed by atoms with Crippen LogP contribution >= 0.6 is 0 Å². The molecule has 3 aliphatic heterocycles. The molecule has 1 aromatic carbocycles. The number of aromatic nitrogens is 2. The summed E-state index contributed by atoms with van der Waals surface area (Å²) in [7, 11) is 3.19. The Labute approximate surface area is 217 Å².